The molecule has 0 aliphatic heterocycles. The molecule has 0 amide bonds. The minimum atomic E-state index is 1.07. The topological polar surface area (TPSA) is 0 Å². The molecule has 0 aliphatic carbocycles. The van der Waals surface area contributed by atoms with Crippen molar-refractivity contribution in [3.8, 4) is 0 Å². The number of rotatable bonds is 1. The Morgan fingerprint density at radius 3 is 1.77 bits per heavy atom. The Bertz CT molecular complexity index is 1140. The number of benzene rings is 5. The van der Waals surface area contributed by atoms with Crippen LogP contribution in [0.25, 0.3) is 43.1 Å². The molecule has 0 unspecified atom stereocenters. The molecular formula is C22H16. The molecule has 0 bridgehead atoms. The van der Waals surface area contributed by atoms with Gasteiger partial charge in [0.05, 0.1) is 0 Å². The largest absolute Gasteiger partial charge is 0.0613 e. The van der Waals surface area contributed by atoms with Crippen LogP contribution in [0.5, 0.6) is 0 Å². The molecule has 0 fully saturated rings. The van der Waals surface area contributed by atoms with Gasteiger partial charge in [-0.3, -0.25) is 0 Å². The smallest absolute Gasteiger partial charge is 0.00262 e. The van der Waals surface area contributed by atoms with E-state index in [1.54, 1.807) is 0 Å². The normalized spacial score (nSPS) is 12.0. The molecule has 0 spiro atoms. The molecule has 0 radical (unpaired) electrons. The highest BCUT2D eigenvalue weighted by molar-refractivity contribution is 6.32. The number of hydrogen-bond acceptors (Lipinski definition) is 0. The van der Waals surface area contributed by atoms with Crippen LogP contribution in [0.4, 0.5) is 0 Å². The second-order valence-corrected chi connectivity index (χ2v) is 6.11. The summed E-state index contributed by atoms with van der Waals surface area (Å²) < 4.78 is 0. The molecule has 0 heterocycles. The van der Waals surface area contributed by atoms with Gasteiger partial charge in [0, 0.05) is 0 Å². The Labute approximate surface area is 129 Å². The SMILES string of the molecule is CCc1cc2cccc3c4cccc5cccc(c(c1)c23)c54. The highest BCUT2D eigenvalue weighted by Crippen LogP contribution is 2.40. The van der Waals surface area contributed by atoms with E-state index in [2.05, 4.69) is 73.7 Å². The monoisotopic (exact) mass is 280 g/mol. The lowest BCUT2D eigenvalue weighted by Gasteiger charge is -2.15. The molecule has 0 atom stereocenters. The quantitative estimate of drug-likeness (QED) is 0.250. The van der Waals surface area contributed by atoms with Crippen molar-refractivity contribution in [2.24, 2.45) is 0 Å². The zero-order valence-corrected chi connectivity index (χ0v) is 12.6. The van der Waals surface area contributed by atoms with Gasteiger partial charge in [0.25, 0.3) is 0 Å². The van der Waals surface area contributed by atoms with E-state index >= 15 is 0 Å². The highest BCUT2D eigenvalue weighted by Gasteiger charge is 2.12. The lowest BCUT2D eigenvalue weighted by Crippen LogP contribution is -1.89. The third kappa shape index (κ3) is 1.42. The van der Waals surface area contributed by atoms with Crippen LogP contribution < -0.4 is 0 Å². The van der Waals surface area contributed by atoms with Crippen LogP contribution in [0.2, 0.25) is 0 Å². The molecule has 0 nitrogen and oxygen atoms in total. The van der Waals surface area contributed by atoms with Gasteiger partial charge in [-0.1, -0.05) is 73.7 Å². The van der Waals surface area contributed by atoms with E-state index in [1.165, 1.54) is 48.7 Å². The first-order chi connectivity index (χ1) is 10.9. The fourth-order valence-electron chi connectivity index (χ4n) is 3.92. The van der Waals surface area contributed by atoms with Gasteiger partial charge < -0.3 is 0 Å². The zero-order chi connectivity index (χ0) is 14.7. The molecule has 0 saturated carbocycles. The summed E-state index contributed by atoms with van der Waals surface area (Å²) in [5.74, 6) is 0. The summed E-state index contributed by atoms with van der Waals surface area (Å²) in [5.41, 5.74) is 1.41. The Morgan fingerprint density at radius 2 is 1.14 bits per heavy atom. The molecule has 0 saturated heterocycles. The van der Waals surface area contributed by atoms with Gasteiger partial charge in [0.15, 0.2) is 0 Å². The van der Waals surface area contributed by atoms with Crippen molar-refractivity contribution in [3.05, 3.63) is 72.3 Å². The second-order valence-electron chi connectivity index (χ2n) is 6.11. The van der Waals surface area contributed by atoms with E-state index in [0.29, 0.717) is 0 Å². The summed E-state index contributed by atoms with van der Waals surface area (Å²) in [7, 11) is 0. The molecule has 5 rings (SSSR count). The molecule has 0 aliphatic rings. The highest BCUT2D eigenvalue weighted by atomic mass is 14.2. The minimum absolute atomic E-state index is 1.07. The van der Waals surface area contributed by atoms with E-state index in [4.69, 9.17) is 0 Å². The van der Waals surface area contributed by atoms with Crippen LogP contribution >= 0.6 is 0 Å². The summed E-state index contributed by atoms with van der Waals surface area (Å²) in [6, 6.07) is 24.8. The van der Waals surface area contributed by atoms with Gasteiger partial charge in [-0.15, -0.1) is 0 Å². The van der Waals surface area contributed by atoms with Gasteiger partial charge in [-0.25, -0.2) is 0 Å². The van der Waals surface area contributed by atoms with Crippen molar-refractivity contribution in [1.82, 2.24) is 0 Å². The van der Waals surface area contributed by atoms with E-state index in [9.17, 15) is 0 Å². The molecule has 104 valence electrons. The van der Waals surface area contributed by atoms with Crippen molar-refractivity contribution in [1.29, 1.82) is 0 Å². The van der Waals surface area contributed by atoms with E-state index in [-0.39, 0.29) is 0 Å². The van der Waals surface area contributed by atoms with Crippen LogP contribution in [0.15, 0.2) is 66.7 Å². The maximum absolute atomic E-state index is 2.39. The van der Waals surface area contributed by atoms with Crippen LogP contribution in [0, 0.1) is 0 Å². The lowest BCUT2D eigenvalue weighted by molar-refractivity contribution is 1.15. The van der Waals surface area contributed by atoms with Crippen molar-refractivity contribution < 1.29 is 0 Å². The van der Waals surface area contributed by atoms with Gasteiger partial charge in [-0.05, 0) is 55.1 Å². The Hall–Kier alpha value is -2.60. The molecule has 5 aromatic rings. The first-order valence-electron chi connectivity index (χ1n) is 7.95. The van der Waals surface area contributed by atoms with Crippen molar-refractivity contribution in [2.45, 2.75) is 13.3 Å². The number of aryl methyl sites for hydroxylation is 1. The van der Waals surface area contributed by atoms with Crippen LogP contribution in [-0.2, 0) is 6.42 Å². The van der Waals surface area contributed by atoms with Crippen LogP contribution in [0.1, 0.15) is 12.5 Å². The lowest BCUT2D eigenvalue weighted by atomic mass is 9.88. The second kappa shape index (κ2) is 4.20. The number of hydrogen-bond donors (Lipinski definition) is 0. The Morgan fingerprint density at radius 1 is 0.591 bits per heavy atom. The first-order valence-corrected chi connectivity index (χ1v) is 7.95. The maximum atomic E-state index is 2.39. The third-order valence-electron chi connectivity index (χ3n) is 4.93. The fraction of sp³-hybridized carbons (Fsp3) is 0.0909. The average Bonchev–Trinajstić information content (AvgIpc) is 2.58. The number of fused-ring (bicyclic) bond motifs is 2. The predicted molar refractivity (Wildman–Crippen MR) is 97.0 cm³/mol. The summed E-state index contributed by atoms with van der Waals surface area (Å²) in [4.78, 5) is 0. The van der Waals surface area contributed by atoms with Crippen molar-refractivity contribution >= 4 is 43.1 Å². The van der Waals surface area contributed by atoms with Gasteiger partial charge >= 0.3 is 0 Å². The summed E-state index contributed by atoms with van der Waals surface area (Å²) in [6.07, 6.45) is 1.07. The van der Waals surface area contributed by atoms with Gasteiger partial charge in [0.1, 0.15) is 0 Å². The van der Waals surface area contributed by atoms with E-state index < -0.39 is 0 Å². The fourth-order valence-corrected chi connectivity index (χ4v) is 3.92. The first kappa shape index (κ1) is 12.0. The van der Waals surface area contributed by atoms with Gasteiger partial charge in [0.2, 0.25) is 0 Å². The third-order valence-corrected chi connectivity index (χ3v) is 4.93. The molecule has 0 aromatic heterocycles. The van der Waals surface area contributed by atoms with Crippen molar-refractivity contribution in [2.75, 3.05) is 0 Å². The molecular weight excluding hydrogens is 264 g/mol. The van der Waals surface area contributed by atoms with Crippen molar-refractivity contribution in [3.63, 3.8) is 0 Å². The average molecular weight is 280 g/mol. The Kier molecular flexibility index (Phi) is 2.29. The van der Waals surface area contributed by atoms with Gasteiger partial charge in [-0.2, -0.15) is 0 Å². The Balaban J connectivity index is 2.23. The standard InChI is InChI=1S/C22H16/c1-2-14-12-16-8-5-10-18-17-9-3-6-15-7-4-11-19(21(15)17)20(13-14)22(16)18/h3-13H,2H2,1H3. The summed E-state index contributed by atoms with van der Waals surface area (Å²) in [5, 5.41) is 11.0. The van der Waals surface area contributed by atoms with Crippen LogP contribution in [0.3, 0.4) is 0 Å². The summed E-state index contributed by atoms with van der Waals surface area (Å²) >= 11 is 0. The van der Waals surface area contributed by atoms with E-state index in [0.717, 1.165) is 6.42 Å². The predicted octanol–water partition coefficient (Wildman–Crippen LogP) is 6.30. The molecule has 0 heteroatoms. The summed E-state index contributed by atoms with van der Waals surface area (Å²) in [6.45, 7) is 2.23. The maximum Gasteiger partial charge on any atom is -0.00262 e. The van der Waals surface area contributed by atoms with Crippen LogP contribution in [-0.4, -0.2) is 0 Å². The molecule has 0 N–H and O–H groups in total. The van der Waals surface area contributed by atoms with E-state index in [1.807, 2.05) is 0 Å². The zero-order valence-electron chi connectivity index (χ0n) is 12.6. The minimum Gasteiger partial charge on any atom is -0.0613 e. The molecule has 22 heavy (non-hydrogen) atoms. The molecule has 5 aromatic carbocycles.